The monoisotopic (exact) mass is 668 g/mol. The minimum absolute atomic E-state index is 0.0509. The molecule has 4 aromatic heterocycles. The van der Waals surface area contributed by atoms with Crippen LogP contribution < -0.4 is 17.0 Å². The highest BCUT2D eigenvalue weighted by atomic mass is 31.2. The van der Waals surface area contributed by atoms with E-state index in [4.69, 9.17) is 46.6 Å². The van der Waals surface area contributed by atoms with Gasteiger partial charge in [0, 0.05) is 0 Å². The highest BCUT2D eigenvalue weighted by molar-refractivity contribution is 7.79. The normalized spacial score (nSPS) is 37.7. The molecule has 238 valence electrons. The predicted molar refractivity (Wildman–Crippen MR) is 147 cm³/mol. The van der Waals surface area contributed by atoms with Crippen molar-refractivity contribution in [2.75, 3.05) is 24.7 Å². The third-order valence-electron chi connectivity index (χ3n) is 7.35. The number of aromatic amines is 1. The molecule has 3 aliphatic heterocycles. The maximum absolute atomic E-state index is 13.4. The SMILES string of the molecule is [B]P1(=O)OCC2OC(n3cnc4c(N)ncnc43)C(O)C2OP(=O)(O)OCC2OC(n3cnc4c(=O)[nH]c(N)nc43)C(O1)C2O. The minimum Gasteiger partial charge on any atom is -0.387 e. The van der Waals surface area contributed by atoms with E-state index in [1.54, 1.807) is 0 Å². The van der Waals surface area contributed by atoms with Crippen LogP contribution >= 0.6 is 15.3 Å². The second kappa shape index (κ2) is 10.9. The van der Waals surface area contributed by atoms with Gasteiger partial charge in [-0.3, -0.25) is 32.5 Å². The smallest absolute Gasteiger partial charge is 0.387 e. The summed E-state index contributed by atoms with van der Waals surface area (Å²) in [6, 6.07) is 0. The van der Waals surface area contributed by atoms with Crippen LogP contribution in [0.2, 0.25) is 0 Å². The molecule has 8 N–H and O–H groups in total. The molecule has 3 saturated heterocycles. The molecular weight excluding hydrogens is 645 g/mol. The lowest BCUT2D eigenvalue weighted by Crippen LogP contribution is -2.36. The van der Waals surface area contributed by atoms with Crippen LogP contribution in [-0.2, 0) is 36.7 Å². The molecule has 22 nitrogen and oxygen atoms in total. The van der Waals surface area contributed by atoms with Crippen molar-refractivity contribution < 1.29 is 51.8 Å². The first-order valence-electron chi connectivity index (χ1n) is 13.0. The van der Waals surface area contributed by atoms with Gasteiger partial charge in [-0.2, -0.15) is 4.98 Å². The Bertz CT molecular complexity index is 1940. The number of imidazole rings is 2. The molecule has 25 heteroatoms. The summed E-state index contributed by atoms with van der Waals surface area (Å²) in [7, 11) is -3.75. The number of H-pyrrole nitrogens is 1. The van der Waals surface area contributed by atoms with Gasteiger partial charge in [-0.25, -0.2) is 24.5 Å². The van der Waals surface area contributed by atoms with Crippen molar-refractivity contribution in [1.29, 1.82) is 0 Å². The minimum atomic E-state index is -5.03. The van der Waals surface area contributed by atoms with Crippen LogP contribution in [0.4, 0.5) is 11.8 Å². The molecule has 2 radical (unpaired) electrons. The predicted octanol–water partition coefficient (Wildman–Crippen LogP) is -2.17. The number of aromatic nitrogens is 8. The number of nitrogens with zero attached hydrogens (tertiary/aromatic N) is 7. The summed E-state index contributed by atoms with van der Waals surface area (Å²) in [4.78, 5) is 45.3. The number of nitrogens with two attached hydrogens (primary N) is 2. The molecular formula is C20H23BN10O12P2. The largest absolute Gasteiger partial charge is 0.472 e. The molecule has 2 bridgehead atoms. The Morgan fingerprint density at radius 3 is 2.36 bits per heavy atom. The Kier molecular flexibility index (Phi) is 7.34. The summed E-state index contributed by atoms with van der Waals surface area (Å²) < 4.78 is 62.0. The van der Waals surface area contributed by atoms with E-state index in [0.29, 0.717) is 0 Å². The van der Waals surface area contributed by atoms with Crippen LogP contribution in [0.3, 0.4) is 0 Å². The van der Waals surface area contributed by atoms with E-state index in [-0.39, 0.29) is 34.1 Å². The van der Waals surface area contributed by atoms with Gasteiger partial charge in [0.2, 0.25) is 13.5 Å². The van der Waals surface area contributed by atoms with Crippen LogP contribution in [-0.4, -0.2) is 112 Å². The van der Waals surface area contributed by atoms with Gasteiger partial charge in [0.1, 0.15) is 48.5 Å². The summed E-state index contributed by atoms with van der Waals surface area (Å²) in [5, 5.41) is 22.2. The Morgan fingerprint density at radius 2 is 1.58 bits per heavy atom. The van der Waals surface area contributed by atoms with E-state index in [2.05, 4.69) is 29.9 Å². The Labute approximate surface area is 251 Å². The second-order valence-electron chi connectivity index (χ2n) is 10.2. The Hall–Kier alpha value is -3.34. The van der Waals surface area contributed by atoms with Crippen molar-refractivity contribution in [2.45, 2.75) is 49.1 Å². The van der Waals surface area contributed by atoms with Gasteiger partial charge in [-0.1, -0.05) is 0 Å². The standard InChI is InChI=1S/C20H23BN10O12P2/c21-44(35)38-2-7-12(11(33)18(41-7)30-4-26-8-14(22)24-3-25-15(8)30)43-45(36,37)39-1-6-10(32)13(42-44)19(40-6)31-5-27-9-16(31)28-20(23)29-17(9)34/h3-7,10-13,18-19,32-33H,1-2H2,(H,36,37)(H2,22,24,25)(H3,23,28,29,34). The number of nitrogen functional groups attached to an aromatic ring is 2. The summed E-state index contributed by atoms with van der Waals surface area (Å²) >= 11 is 0. The van der Waals surface area contributed by atoms with E-state index in [1.165, 1.54) is 15.5 Å². The van der Waals surface area contributed by atoms with E-state index in [1.807, 2.05) is 0 Å². The van der Waals surface area contributed by atoms with E-state index in [0.717, 1.165) is 12.7 Å². The van der Waals surface area contributed by atoms with Crippen LogP contribution in [0.1, 0.15) is 12.5 Å². The number of hydrogen-bond donors (Lipinski definition) is 6. The first-order chi connectivity index (χ1) is 21.3. The number of nitrogens with one attached hydrogen (secondary N) is 1. The number of rotatable bonds is 2. The highest BCUT2D eigenvalue weighted by Crippen LogP contribution is 2.53. The van der Waals surface area contributed by atoms with Crippen molar-refractivity contribution in [1.82, 2.24) is 39.0 Å². The van der Waals surface area contributed by atoms with Crippen molar-refractivity contribution in [2.24, 2.45) is 0 Å². The molecule has 0 amide bonds. The first-order valence-corrected chi connectivity index (χ1v) is 16.1. The van der Waals surface area contributed by atoms with Crippen LogP contribution in [0.25, 0.3) is 22.3 Å². The summed E-state index contributed by atoms with van der Waals surface area (Å²) in [5.41, 5.74) is 11.0. The Morgan fingerprint density at radius 1 is 0.889 bits per heavy atom. The molecule has 10 atom stereocenters. The average molecular weight is 668 g/mol. The Balaban J connectivity index is 1.21. The van der Waals surface area contributed by atoms with Gasteiger partial charge in [-0.15, -0.1) is 0 Å². The third-order valence-corrected chi connectivity index (χ3v) is 9.38. The average Bonchev–Trinajstić information content (AvgIpc) is 3.72. The fourth-order valence-electron chi connectivity index (χ4n) is 5.32. The molecule has 0 aliphatic carbocycles. The van der Waals surface area contributed by atoms with Crippen molar-refractivity contribution in [3.63, 3.8) is 0 Å². The number of phosphoric acid groups is 1. The van der Waals surface area contributed by atoms with Gasteiger partial charge in [-0.05, 0) is 0 Å². The van der Waals surface area contributed by atoms with Gasteiger partial charge < -0.3 is 45.1 Å². The molecule has 7 heterocycles. The van der Waals surface area contributed by atoms with Crippen LogP contribution in [0, 0.1) is 0 Å². The maximum Gasteiger partial charge on any atom is 0.472 e. The molecule has 0 spiro atoms. The summed E-state index contributed by atoms with van der Waals surface area (Å²) in [6.07, 6.45) is -8.57. The maximum atomic E-state index is 13.4. The number of aliphatic hydroxyl groups excluding tert-OH is 2. The van der Waals surface area contributed by atoms with Crippen molar-refractivity contribution >= 4 is 57.0 Å². The molecule has 0 saturated carbocycles. The quantitative estimate of drug-likeness (QED) is 0.0978. The molecule has 7 rings (SSSR count). The number of ether oxygens (including phenoxy) is 2. The number of aliphatic hydroxyl groups is 2. The molecule has 3 aliphatic rings. The molecule has 0 aromatic carbocycles. The van der Waals surface area contributed by atoms with E-state index < -0.39 is 83.1 Å². The summed E-state index contributed by atoms with van der Waals surface area (Å²) in [5.74, 6) is -0.209. The fourth-order valence-corrected chi connectivity index (χ4v) is 7.27. The first kappa shape index (κ1) is 30.3. The lowest BCUT2D eigenvalue weighted by atomic mass is 10.1. The second-order valence-corrected chi connectivity index (χ2v) is 13.2. The third kappa shape index (κ3) is 5.34. The van der Waals surface area contributed by atoms with Crippen molar-refractivity contribution in [3.05, 3.63) is 29.3 Å². The zero-order valence-corrected chi connectivity index (χ0v) is 24.3. The highest BCUT2D eigenvalue weighted by Gasteiger charge is 2.53. The molecule has 10 unspecified atom stereocenters. The van der Waals surface area contributed by atoms with Gasteiger partial charge in [0.25, 0.3) is 13.0 Å². The lowest BCUT2D eigenvalue weighted by Gasteiger charge is -2.27. The number of phosphoric ester groups is 1. The topological polar surface area (TPSA) is 309 Å². The number of fused-ring (bicyclic) bond motifs is 5. The molecule has 3 fully saturated rings. The molecule has 4 aromatic rings. The van der Waals surface area contributed by atoms with Gasteiger partial charge in [0.15, 0.2) is 35.1 Å². The zero-order valence-electron chi connectivity index (χ0n) is 22.5. The van der Waals surface area contributed by atoms with E-state index in [9.17, 15) is 29.0 Å². The summed E-state index contributed by atoms with van der Waals surface area (Å²) in [6.45, 7) is -1.49. The lowest BCUT2D eigenvalue weighted by molar-refractivity contribution is -0.0621. The van der Waals surface area contributed by atoms with Crippen molar-refractivity contribution in [3.8, 4) is 0 Å². The number of hydrogen-bond acceptors (Lipinski definition) is 18. The van der Waals surface area contributed by atoms with E-state index >= 15 is 0 Å². The van der Waals surface area contributed by atoms with Gasteiger partial charge >= 0.3 is 7.82 Å². The van der Waals surface area contributed by atoms with Gasteiger partial charge in [0.05, 0.1) is 25.9 Å². The van der Waals surface area contributed by atoms with Crippen LogP contribution in [0.15, 0.2) is 23.8 Å². The zero-order chi connectivity index (χ0) is 31.8. The number of anilines is 2. The van der Waals surface area contributed by atoms with Crippen LogP contribution in [0.5, 0.6) is 0 Å². The fraction of sp³-hybridized carbons (Fsp3) is 0.500. The molecule has 45 heavy (non-hydrogen) atoms.